The molecule has 1 unspecified atom stereocenters. The van der Waals surface area contributed by atoms with E-state index in [0.29, 0.717) is 5.69 Å². The molecule has 0 saturated carbocycles. The number of amides is 2. The third-order valence-corrected chi connectivity index (χ3v) is 3.20. The topological polar surface area (TPSA) is 49.4 Å². The van der Waals surface area contributed by atoms with Gasteiger partial charge in [0.15, 0.2) is 0 Å². The second-order valence-electron chi connectivity index (χ2n) is 5.01. The van der Waals surface area contributed by atoms with Crippen LogP contribution in [0.2, 0.25) is 0 Å². The van der Waals surface area contributed by atoms with Crippen molar-refractivity contribution in [2.24, 2.45) is 5.92 Å². The van der Waals surface area contributed by atoms with Gasteiger partial charge in [-0.25, -0.2) is 4.39 Å². The minimum absolute atomic E-state index is 0.00870. The molecule has 2 rings (SSSR count). The summed E-state index contributed by atoms with van der Waals surface area (Å²) in [5.74, 6) is -0.738. The molecule has 1 fully saturated rings. The summed E-state index contributed by atoms with van der Waals surface area (Å²) in [7, 11) is 0. The van der Waals surface area contributed by atoms with E-state index < -0.39 is 11.9 Å². The molecule has 1 atom stereocenters. The van der Waals surface area contributed by atoms with Gasteiger partial charge in [-0.3, -0.25) is 9.59 Å². The predicted molar refractivity (Wildman–Crippen MR) is 70.1 cm³/mol. The Morgan fingerprint density at radius 1 is 1.37 bits per heavy atom. The average molecular weight is 264 g/mol. The number of carbonyl (C=O) groups is 2. The van der Waals surface area contributed by atoms with Crippen LogP contribution in [0.5, 0.6) is 0 Å². The summed E-state index contributed by atoms with van der Waals surface area (Å²) in [6.45, 7) is 4.02. The monoisotopic (exact) mass is 264 g/mol. The molecule has 5 heteroatoms. The van der Waals surface area contributed by atoms with Crippen molar-refractivity contribution in [2.75, 3.05) is 11.4 Å². The molecule has 1 aliphatic rings. The van der Waals surface area contributed by atoms with Crippen LogP contribution in [0.3, 0.4) is 0 Å². The molecule has 1 aliphatic heterocycles. The van der Waals surface area contributed by atoms with Crippen LogP contribution in [0, 0.1) is 11.7 Å². The van der Waals surface area contributed by atoms with Crippen molar-refractivity contribution in [3.05, 3.63) is 30.1 Å². The van der Waals surface area contributed by atoms with E-state index in [1.807, 2.05) is 13.8 Å². The van der Waals surface area contributed by atoms with Gasteiger partial charge in [0.25, 0.3) is 0 Å². The van der Waals surface area contributed by atoms with Gasteiger partial charge in [-0.2, -0.15) is 0 Å². The largest absolute Gasteiger partial charge is 0.344 e. The standard InChI is InChI=1S/C14H17FN2O2/c1-9(2)13-14(19)17(7-6-12(18)16-13)11-5-3-4-10(15)8-11/h3-5,8-9,13H,6-7H2,1-2H3,(H,16,18). The highest BCUT2D eigenvalue weighted by atomic mass is 19.1. The van der Waals surface area contributed by atoms with E-state index in [1.54, 1.807) is 12.1 Å². The van der Waals surface area contributed by atoms with Gasteiger partial charge in [0, 0.05) is 18.7 Å². The zero-order valence-electron chi connectivity index (χ0n) is 11.0. The summed E-state index contributed by atoms with van der Waals surface area (Å²) >= 11 is 0. The number of nitrogens with zero attached hydrogens (tertiary/aromatic N) is 1. The normalized spacial score (nSPS) is 20.4. The Morgan fingerprint density at radius 2 is 2.11 bits per heavy atom. The van der Waals surface area contributed by atoms with E-state index in [0.717, 1.165) is 0 Å². The number of anilines is 1. The van der Waals surface area contributed by atoms with Crippen LogP contribution < -0.4 is 10.2 Å². The van der Waals surface area contributed by atoms with Gasteiger partial charge < -0.3 is 10.2 Å². The fourth-order valence-electron chi connectivity index (χ4n) is 2.15. The molecule has 0 bridgehead atoms. The maximum Gasteiger partial charge on any atom is 0.249 e. The fourth-order valence-corrected chi connectivity index (χ4v) is 2.15. The van der Waals surface area contributed by atoms with Gasteiger partial charge in [-0.15, -0.1) is 0 Å². The first-order valence-corrected chi connectivity index (χ1v) is 6.35. The molecule has 0 radical (unpaired) electrons. The number of benzene rings is 1. The van der Waals surface area contributed by atoms with Crippen LogP contribution in [0.4, 0.5) is 10.1 Å². The van der Waals surface area contributed by atoms with Gasteiger partial charge >= 0.3 is 0 Å². The highest BCUT2D eigenvalue weighted by Crippen LogP contribution is 2.20. The Morgan fingerprint density at radius 3 is 2.74 bits per heavy atom. The molecule has 1 saturated heterocycles. The zero-order valence-corrected chi connectivity index (χ0v) is 11.0. The summed E-state index contributed by atoms with van der Waals surface area (Å²) < 4.78 is 13.3. The van der Waals surface area contributed by atoms with Crippen LogP contribution in [0.1, 0.15) is 20.3 Å². The van der Waals surface area contributed by atoms with Crippen LogP contribution in [0.25, 0.3) is 0 Å². The van der Waals surface area contributed by atoms with E-state index in [2.05, 4.69) is 5.32 Å². The molecule has 0 aliphatic carbocycles. The van der Waals surface area contributed by atoms with E-state index in [1.165, 1.54) is 17.0 Å². The number of rotatable bonds is 2. The maximum absolute atomic E-state index is 13.3. The van der Waals surface area contributed by atoms with Crippen LogP contribution in [-0.2, 0) is 9.59 Å². The van der Waals surface area contributed by atoms with Gasteiger partial charge in [-0.1, -0.05) is 19.9 Å². The van der Waals surface area contributed by atoms with Gasteiger partial charge in [0.05, 0.1) is 0 Å². The molecule has 102 valence electrons. The number of nitrogens with one attached hydrogen (secondary N) is 1. The van der Waals surface area contributed by atoms with Crippen LogP contribution in [0.15, 0.2) is 24.3 Å². The molecule has 19 heavy (non-hydrogen) atoms. The quantitative estimate of drug-likeness (QED) is 0.884. The molecule has 1 N–H and O–H groups in total. The summed E-state index contributed by atoms with van der Waals surface area (Å²) in [5, 5.41) is 2.72. The summed E-state index contributed by atoms with van der Waals surface area (Å²) in [4.78, 5) is 25.5. The van der Waals surface area contributed by atoms with Crippen molar-refractivity contribution in [3.8, 4) is 0 Å². The first-order chi connectivity index (χ1) is 8.99. The Bertz CT molecular complexity index is 502. The first kappa shape index (κ1) is 13.5. The third kappa shape index (κ3) is 2.92. The lowest BCUT2D eigenvalue weighted by atomic mass is 10.0. The lowest BCUT2D eigenvalue weighted by Gasteiger charge is -2.26. The molecule has 0 aromatic heterocycles. The van der Waals surface area contributed by atoms with Crippen molar-refractivity contribution in [1.29, 1.82) is 0 Å². The van der Waals surface area contributed by atoms with Gasteiger partial charge in [-0.05, 0) is 24.1 Å². The molecule has 4 nitrogen and oxygen atoms in total. The van der Waals surface area contributed by atoms with Gasteiger partial charge in [0.2, 0.25) is 11.8 Å². The second kappa shape index (κ2) is 5.38. The average Bonchev–Trinajstić information content (AvgIpc) is 2.49. The van der Waals surface area contributed by atoms with Crippen molar-refractivity contribution < 1.29 is 14.0 Å². The Labute approximate surface area is 111 Å². The van der Waals surface area contributed by atoms with Crippen LogP contribution in [-0.4, -0.2) is 24.4 Å². The van der Waals surface area contributed by atoms with Crippen molar-refractivity contribution in [1.82, 2.24) is 5.32 Å². The second-order valence-corrected chi connectivity index (χ2v) is 5.01. The zero-order chi connectivity index (χ0) is 14.0. The molecular weight excluding hydrogens is 247 g/mol. The third-order valence-electron chi connectivity index (χ3n) is 3.20. The molecular formula is C14H17FN2O2. The summed E-state index contributed by atoms with van der Waals surface area (Å²) in [6, 6.07) is 5.31. The molecule has 1 aromatic carbocycles. The van der Waals surface area contributed by atoms with E-state index >= 15 is 0 Å². The summed E-state index contributed by atoms with van der Waals surface area (Å²) in [5.41, 5.74) is 0.493. The Balaban J connectivity index is 2.33. The van der Waals surface area contributed by atoms with Crippen LogP contribution >= 0.6 is 0 Å². The summed E-state index contributed by atoms with van der Waals surface area (Å²) in [6.07, 6.45) is 0.228. The number of hydrogen-bond acceptors (Lipinski definition) is 2. The van der Waals surface area contributed by atoms with Crippen molar-refractivity contribution >= 4 is 17.5 Å². The fraction of sp³-hybridized carbons (Fsp3) is 0.429. The molecule has 0 spiro atoms. The maximum atomic E-state index is 13.3. The van der Waals surface area contributed by atoms with Gasteiger partial charge in [0.1, 0.15) is 11.9 Å². The number of hydrogen-bond donors (Lipinski definition) is 1. The highest BCUT2D eigenvalue weighted by molar-refractivity contribution is 6.01. The highest BCUT2D eigenvalue weighted by Gasteiger charge is 2.32. The lowest BCUT2D eigenvalue weighted by molar-refractivity contribution is -0.126. The Kier molecular flexibility index (Phi) is 3.83. The number of carbonyl (C=O) groups excluding carboxylic acids is 2. The first-order valence-electron chi connectivity index (χ1n) is 6.35. The van der Waals surface area contributed by atoms with Crippen molar-refractivity contribution in [3.63, 3.8) is 0 Å². The molecule has 2 amide bonds. The molecule has 1 aromatic rings. The smallest absolute Gasteiger partial charge is 0.249 e. The van der Waals surface area contributed by atoms with Crippen molar-refractivity contribution in [2.45, 2.75) is 26.3 Å². The van der Waals surface area contributed by atoms with E-state index in [9.17, 15) is 14.0 Å². The molecule has 1 heterocycles. The number of halogens is 1. The predicted octanol–water partition coefficient (Wildman–Crippen LogP) is 1.70. The van der Waals surface area contributed by atoms with E-state index in [-0.39, 0.29) is 30.7 Å². The minimum Gasteiger partial charge on any atom is -0.344 e. The SMILES string of the molecule is CC(C)C1NC(=O)CCN(c2cccc(F)c2)C1=O. The van der Waals surface area contributed by atoms with E-state index in [4.69, 9.17) is 0 Å². The Hall–Kier alpha value is -1.91. The lowest BCUT2D eigenvalue weighted by Crippen LogP contribution is -2.47. The minimum atomic E-state index is -0.557.